The number of fused-ring (bicyclic) bond motifs is 18. The second-order valence-electron chi connectivity index (χ2n) is 28.8. The van der Waals surface area contributed by atoms with Gasteiger partial charge in [0.05, 0.1) is 66.2 Å². The first-order valence-electron chi connectivity index (χ1n) is 37.2. The fourth-order valence-corrected chi connectivity index (χ4v) is 18.2. The summed E-state index contributed by atoms with van der Waals surface area (Å²) < 4.78 is 14.6. The van der Waals surface area contributed by atoms with Crippen molar-refractivity contribution in [1.29, 1.82) is 0 Å². The Kier molecular flexibility index (Phi) is 13.1. The summed E-state index contributed by atoms with van der Waals surface area (Å²) >= 11 is 0. The van der Waals surface area contributed by atoms with Gasteiger partial charge in [0.2, 0.25) is 0 Å². The predicted octanol–water partition coefficient (Wildman–Crippen LogP) is 26.9. The molecule has 108 heavy (non-hydrogen) atoms. The van der Waals surface area contributed by atoms with E-state index in [1.807, 2.05) is 0 Å². The molecule has 0 amide bonds. The highest BCUT2D eigenvalue weighted by molar-refractivity contribution is 6.16. The minimum absolute atomic E-state index is 1.10. The standard InChI is InChI=1S/C102H64N6/c1-9-40-91-79(32-1)80-33-2-10-41-92(80)103(91)73-26-17-22-65(56-73)69-48-52-99-87(60-69)83-36-5-13-44-95(83)105(99)75-28-19-24-67(58-75)71-50-54-101-89(62-71)85-38-7-15-46-97(85)107(101)77-30-21-31-78(64-77)108-98-47-16-8-39-86(98)90-63-72(51-55-102(90)108)68-25-20-29-76(59-68)106-96-45-14-6-37-84(96)88-61-70(49-53-100(88)106)66-23-18-27-74(57-66)104-93-42-11-3-34-81(93)82-35-4-12-43-94(82)104/h1-64H. The summed E-state index contributed by atoms with van der Waals surface area (Å²) in [6.07, 6.45) is 0. The number of nitrogens with zero attached hydrogens (tertiary/aromatic N) is 6. The van der Waals surface area contributed by atoms with Crippen LogP contribution in [0.1, 0.15) is 0 Å². The van der Waals surface area contributed by atoms with E-state index in [9.17, 15) is 0 Å². The molecule has 0 saturated heterocycles. The maximum absolute atomic E-state index is 2.45. The Hall–Kier alpha value is -14.5. The zero-order valence-electron chi connectivity index (χ0n) is 58.6. The molecule has 0 unspecified atom stereocenters. The van der Waals surface area contributed by atoms with Crippen LogP contribution in [0, 0.1) is 0 Å². The van der Waals surface area contributed by atoms with E-state index in [-0.39, 0.29) is 0 Å². The Morgan fingerprint density at radius 1 is 0.102 bits per heavy atom. The van der Waals surface area contributed by atoms with Gasteiger partial charge in [0.15, 0.2) is 0 Å². The van der Waals surface area contributed by atoms with Crippen molar-refractivity contribution in [1.82, 2.24) is 27.4 Å². The van der Waals surface area contributed by atoms with Crippen molar-refractivity contribution in [3.8, 4) is 78.6 Å². The molecule has 0 aliphatic heterocycles. The first-order valence-corrected chi connectivity index (χ1v) is 37.2. The van der Waals surface area contributed by atoms with Crippen LogP contribution >= 0.6 is 0 Å². The van der Waals surface area contributed by atoms with Gasteiger partial charge in [-0.25, -0.2) is 0 Å². The number of benzene rings is 17. The van der Waals surface area contributed by atoms with Crippen LogP contribution in [-0.4, -0.2) is 27.4 Å². The van der Waals surface area contributed by atoms with Crippen LogP contribution in [0.3, 0.4) is 0 Å². The fraction of sp³-hybridized carbons (Fsp3) is 0. The summed E-state index contributed by atoms with van der Waals surface area (Å²) in [5.41, 5.74) is 30.3. The third-order valence-electron chi connectivity index (χ3n) is 22.9. The number of aromatic nitrogens is 6. The minimum atomic E-state index is 1.10. The molecule has 0 radical (unpaired) electrons. The summed E-state index contributed by atoms with van der Waals surface area (Å²) in [5.74, 6) is 0. The lowest BCUT2D eigenvalue weighted by atomic mass is 10.0. The van der Waals surface area contributed by atoms with Crippen LogP contribution in [0.15, 0.2) is 388 Å². The van der Waals surface area contributed by atoms with E-state index < -0.39 is 0 Å². The Bertz CT molecular complexity index is 7150. The van der Waals surface area contributed by atoms with Gasteiger partial charge < -0.3 is 27.4 Å². The molecule has 23 aromatic rings. The molecule has 6 heteroatoms. The summed E-state index contributed by atoms with van der Waals surface area (Å²) in [4.78, 5) is 0. The van der Waals surface area contributed by atoms with Crippen molar-refractivity contribution in [2.24, 2.45) is 0 Å². The highest BCUT2D eigenvalue weighted by atomic mass is 15.0. The topological polar surface area (TPSA) is 29.6 Å². The van der Waals surface area contributed by atoms with Crippen molar-refractivity contribution in [3.05, 3.63) is 388 Å². The third kappa shape index (κ3) is 9.08. The van der Waals surface area contributed by atoms with E-state index in [0.29, 0.717) is 0 Å². The molecule has 0 saturated carbocycles. The zero-order chi connectivity index (χ0) is 70.7. The highest BCUT2D eigenvalue weighted by Gasteiger charge is 2.22. The molecular weight excluding hydrogens is 1310 g/mol. The number of para-hydroxylation sites is 8. The highest BCUT2D eigenvalue weighted by Crippen LogP contribution is 2.44. The quantitative estimate of drug-likeness (QED) is 0.131. The summed E-state index contributed by atoms with van der Waals surface area (Å²) in [6.45, 7) is 0. The van der Waals surface area contributed by atoms with Gasteiger partial charge in [-0.1, -0.05) is 224 Å². The first kappa shape index (κ1) is 60.0. The molecule has 23 rings (SSSR count). The first-order chi connectivity index (χ1) is 53.6. The van der Waals surface area contributed by atoms with Gasteiger partial charge in [-0.15, -0.1) is 0 Å². The van der Waals surface area contributed by atoms with E-state index in [1.54, 1.807) is 0 Å². The van der Waals surface area contributed by atoms with Crippen LogP contribution in [0.25, 0.3) is 209 Å². The second kappa shape index (κ2) is 23.5. The lowest BCUT2D eigenvalue weighted by Gasteiger charge is -2.13. The summed E-state index contributed by atoms with van der Waals surface area (Å²) in [7, 11) is 0. The monoisotopic (exact) mass is 1370 g/mol. The Morgan fingerprint density at radius 3 is 0.472 bits per heavy atom. The van der Waals surface area contributed by atoms with Gasteiger partial charge in [0.25, 0.3) is 0 Å². The summed E-state index contributed by atoms with van der Waals surface area (Å²) in [6, 6.07) is 144. The fourth-order valence-electron chi connectivity index (χ4n) is 18.2. The van der Waals surface area contributed by atoms with Gasteiger partial charge in [-0.2, -0.15) is 0 Å². The zero-order valence-corrected chi connectivity index (χ0v) is 58.6. The molecule has 0 N–H and O–H groups in total. The van der Waals surface area contributed by atoms with Crippen molar-refractivity contribution in [2.45, 2.75) is 0 Å². The van der Waals surface area contributed by atoms with Crippen LogP contribution in [-0.2, 0) is 0 Å². The van der Waals surface area contributed by atoms with E-state index in [0.717, 1.165) is 67.3 Å². The maximum atomic E-state index is 2.45. The SMILES string of the molecule is c1cc(-c2ccc3c(c2)c2ccccc2n3-c2cccc(-c3ccc4c(c3)c3ccccc3n4-c3cccc(-n4c5ccccc5c5cc(-c6cccc(-n7c8ccccc8c8cc(-c9cccc(-n%10c%11ccccc%11c%11ccccc%11%10)c9)ccc87)c6)ccc54)c3)c2)cc(-n2c3ccccc3c3ccccc32)c1. The van der Waals surface area contributed by atoms with E-state index >= 15 is 0 Å². The molecule has 0 spiro atoms. The normalized spacial score (nSPS) is 12.1. The van der Waals surface area contributed by atoms with Crippen LogP contribution in [0.2, 0.25) is 0 Å². The van der Waals surface area contributed by atoms with Crippen molar-refractivity contribution in [3.63, 3.8) is 0 Å². The van der Waals surface area contributed by atoms with Crippen molar-refractivity contribution >= 4 is 131 Å². The molecule has 17 aromatic carbocycles. The lowest BCUT2D eigenvalue weighted by Crippen LogP contribution is -1.98. The predicted molar refractivity (Wildman–Crippen MR) is 454 cm³/mol. The number of rotatable bonds is 10. The van der Waals surface area contributed by atoms with Crippen molar-refractivity contribution < 1.29 is 0 Å². The molecule has 6 heterocycles. The van der Waals surface area contributed by atoms with Crippen molar-refractivity contribution in [2.75, 3.05) is 0 Å². The Balaban J connectivity index is 0.572. The number of hydrogen-bond donors (Lipinski definition) is 0. The average Bonchev–Trinajstić information content (AvgIpc) is 1.58. The Labute approximate surface area is 621 Å². The molecule has 0 atom stereocenters. The van der Waals surface area contributed by atoms with E-state index in [2.05, 4.69) is 416 Å². The molecule has 0 fully saturated rings. The Morgan fingerprint density at radius 2 is 0.259 bits per heavy atom. The molecular formula is C102H64N6. The molecule has 6 aromatic heterocycles. The van der Waals surface area contributed by atoms with Gasteiger partial charge in [0, 0.05) is 98.8 Å². The lowest BCUT2D eigenvalue weighted by molar-refractivity contribution is 1.13. The van der Waals surface area contributed by atoms with Gasteiger partial charge in [-0.3, -0.25) is 0 Å². The smallest absolute Gasteiger partial charge is 0.0541 e. The van der Waals surface area contributed by atoms with Gasteiger partial charge in [0.1, 0.15) is 0 Å². The van der Waals surface area contributed by atoms with Gasteiger partial charge >= 0.3 is 0 Å². The summed E-state index contributed by atoms with van der Waals surface area (Å²) in [5, 5.41) is 14.8. The van der Waals surface area contributed by atoms with Crippen LogP contribution < -0.4 is 0 Å². The second-order valence-corrected chi connectivity index (χ2v) is 28.8. The third-order valence-corrected chi connectivity index (χ3v) is 22.9. The minimum Gasteiger partial charge on any atom is -0.309 e. The van der Waals surface area contributed by atoms with Crippen LogP contribution in [0.5, 0.6) is 0 Å². The maximum Gasteiger partial charge on any atom is 0.0541 e. The van der Waals surface area contributed by atoms with Crippen LogP contribution in [0.4, 0.5) is 0 Å². The number of hydrogen-bond acceptors (Lipinski definition) is 0. The van der Waals surface area contributed by atoms with E-state index in [4.69, 9.17) is 0 Å². The molecule has 0 bridgehead atoms. The van der Waals surface area contributed by atoms with E-state index in [1.165, 1.54) is 142 Å². The molecule has 0 aliphatic rings. The average molecular weight is 1370 g/mol. The molecule has 6 nitrogen and oxygen atoms in total. The molecule has 0 aliphatic carbocycles. The van der Waals surface area contributed by atoms with Gasteiger partial charge in [-0.05, 0) is 208 Å². The largest absolute Gasteiger partial charge is 0.309 e. The molecule has 502 valence electrons.